The fourth-order valence-corrected chi connectivity index (χ4v) is 7.05. The lowest BCUT2D eigenvalue weighted by atomic mass is 10.0. The molecule has 3 heterocycles. The van der Waals surface area contributed by atoms with Crippen molar-refractivity contribution in [2.45, 2.75) is 18.7 Å². The van der Waals surface area contributed by atoms with E-state index in [4.69, 9.17) is 38.2 Å². The number of ether oxygens (including phenoxy) is 3. The highest BCUT2D eigenvalue weighted by molar-refractivity contribution is 6.60. The summed E-state index contributed by atoms with van der Waals surface area (Å²) >= 11 is 0. The van der Waals surface area contributed by atoms with Gasteiger partial charge in [0.25, 0.3) is 0 Å². The number of benzene rings is 1. The predicted octanol–water partition coefficient (Wildman–Crippen LogP) is 3.72. The summed E-state index contributed by atoms with van der Waals surface area (Å²) in [7, 11) is 2.16. The van der Waals surface area contributed by atoms with Crippen LogP contribution in [0.5, 0.6) is 5.75 Å². The van der Waals surface area contributed by atoms with Gasteiger partial charge < -0.3 is 43.6 Å². The molecule has 0 aliphatic carbocycles. The quantitative estimate of drug-likeness (QED) is 0.0518. The zero-order valence-corrected chi connectivity index (χ0v) is 30.9. The van der Waals surface area contributed by atoms with Crippen molar-refractivity contribution in [3.8, 4) is 39.7 Å². The Morgan fingerprint density at radius 1 is 0.745 bits per heavy atom. The highest BCUT2D eigenvalue weighted by Gasteiger charge is 2.36. The number of aliphatic hydroxyl groups is 1. The van der Waals surface area contributed by atoms with Crippen LogP contribution in [0.1, 0.15) is 6.42 Å². The van der Waals surface area contributed by atoms with Gasteiger partial charge in [-0.1, -0.05) is 24.3 Å². The van der Waals surface area contributed by atoms with Gasteiger partial charge in [0.05, 0.1) is 42.6 Å². The summed E-state index contributed by atoms with van der Waals surface area (Å²) in [5.41, 5.74) is 11.0. The number of hydrogen-bond acceptors (Lipinski definition) is 13. The minimum Gasteiger partial charge on any atom is -0.491 e. The summed E-state index contributed by atoms with van der Waals surface area (Å²) in [5.74, 6) is 0.766. The lowest BCUT2D eigenvalue weighted by Crippen LogP contribution is -2.45. The lowest BCUT2D eigenvalue weighted by Gasteiger charge is -2.27. The van der Waals surface area contributed by atoms with Crippen molar-refractivity contribution in [2.75, 3.05) is 87.1 Å². The molecule has 0 amide bonds. The van der Waals surface area contributed by atoms with Gasteiger partial charge >= 0.3 is 8.80 Å². The number of aromatic nitrogens is 3. The van der Waals surface area contributed by atoms with E-state index in [1.165, 1.54) is 0 Å². The Morgan fingerprint density at radius 2 is 1.41 bits per heavy atom. The molecule has 4 rings (SSSR count). The molecule has 276 valence electrons. The first-order chi connectivity index (χ1) is 25.0. The monoisotopic (exact) mass is 720 g/mol. The van der Waals surface area contributed by atoms with Crippen molar-refractivity contribution in [3.05, 3.63) is 85.2 Å². The third-order valence-corrected chi connectivity index (χ3v) is 11.0. The van der Waals surface area contributed by atoms with Gasteiger partial charge in [-0.3, -0.25) is 14.9 Å². The van der Waals surface area contributed by atoms with Crippen molar-refractivity contribution in [2.24, 2.45) is 5.73 Å². The molecule has 0 spiro atoms. The van der Waals surface area contributed by atoms with E-state index in [9.17, 15) is 5.11 Å². The Balaban J connectivity index is 1.13. The van der Waals surface area contributed by atoms with Crippen LogP contribution in [-0.2, 0) is 22.8 Å². The number of nitrogens with one attached hydrogen (secondary N) is 1. The summed E-state index contributed by atoms with van der Waals surface area (Å²) in [4.78, 5) is 15.8. The van der Waals surface area contributed by atoms with Crippen LogP contribution in [0.2, 0.25) is 6.04 Å². The first kappa shape index (κ1) is 40.1. The number of pyridine rings is 3. The largest absolute Gasteiger partial charge is 0.500 e. The number of rotatable bonds is 25. The maximum Gasteiger partial charge on any atom is 0.500 e. The van der Waals surface area contributed by atoms with Gasteiger partial charge in [0.1, 0.15) is 18.6 Å². The van der Waals surface area contributed by atoms with Crippen molar-refractivity contribution in [3.63, 3.8) is 0 Å². The van der Waals surface area contributed by atoms with E-state index >= 15 is 0 Å². The molecule has 0 aliphatic rings. The lowest BCUT2D eigenvalue weighted by molar-refractivity contribution is -0.0570. The van der Waals surface area contributed by atoms with Gasteiger partial charge in [-0.05, 0) is 66.1 Å². The summed E-state index contributed by atoms with van der Waals surface area (Å²) in [6.07, 6.45) is 3.50. The molecular weight excluding hydrogens is 669 g/mol. The van der Waals surface area contributed by atoms with E-state index < -0.39 is 15.0 Å². The summed E-state index contributed by atoms with van der Waals surface area (Å²) in [6, 6.07) is 24.3. The Bertz CT molecular complexity index is 1460. The molecule has 51 heavy (non-hydrogen) atoms. The molecule has 0 bridgehead atoms. The van der Waals surface area contributed by atoms with Crippen LogP contribution in [0.4, 0.5) is 0 Å². The fraction of sp³-hybridized carbons (Fsp3) is 0.432. The topological polar surface area (TPSA) is 156 Å². The first-order valence-electron chi connectivity index (χ1n) is 17.2. The van der Waals surface area contributed by atoms with Crippen LogP contribution in [0.15, 0.2) is 85.2 Å². The van der Waals surface area contributed by atoms with Crippen LogP contribution in [0.3, 0.4) is 0 Å². The van der Waals surface area contributed by atoms with E-state index in [0.717, 1.165) is 39.7 Å². The molecule has 4 aromatic rings. The minimum atomic E-state index is -2.61. The molecule has 4 N–H and O–H groups in total. The SMILES string of the molecule is CO[Si](CCCOCC(O)N(CCN)CCNCCOCCOc1ccc(-c2cc(-c3ccccn3)nc(-c3ccccn3)c2)cc1)(OC)OC. The van der Waals surface area contributed by atoms with Gasteiger partial charge in [0.15, 0.2) is 0 Å². The van der Waals surface area contributed by atoms with E-state index in [0.29, 0.717) is 71.6 Å². The van der Waals surface area contributed by atoms with Crippen LogP contribution < -0.4 is 15.8 Å². The van der Waals surface area contributed by atoms with Gasteiger partial charge in [0, 0.05) is 79.1 Å². The smallest absolute Gasteiger partial charge is 0.491 e. The zero-order valence-electron chi connectivity index (χ0n) is 29.9. The third kappa shape index (κ3) is 13.1. The highest BCUT2D eigenvalue weighted by atomic mass is 28.4. The second kappa shape index (κ2) is 22.3. The van der Waals surface area contributed by atoms with Gasteiger partial charge in [-0.15, -0.1) is 0 Å². The highest BCUT2D eigenvalue weighted by Crippen LogP contribution is 2.30. The van der Waals surface area contributed by atoms with E-state index in [2.05, 4.69) is 15.3 Å². The standard InChI is InChI=1S/C37H52N6O7Si/c1-45-51(46-2,47-3)26-8-22-49-29-37(44)43(20-15-38)21-18-39-19-23-48-24-25-50-32-13-11-30(12-14-32)31-27-35(33-9-4-6-16-40-33)42-36(28-31)34-10-5-7-17-41-34/h4-7,9-14,16-17,27-28,37,39,44H,8,15,18-26,29,38H2,1-3H3. The molecule has 13 nitrogen and oxygen atoms in total. The normalized spacial score (nSPS) is 12.4. The zero-order chi connectivity index (χ0) is 36.2. The molecule has 0 aliphatic heterocycles. The van der Waals surface area contributed by atoms with Crippen LogP contribution in [0.25, 0.3) is 33.9 Å². The molecule has 0 fully saturated rings. The average molecular weight is 721 g/mol. The Kier molecular flexibility index (Phi) is 17.5. The number of hydrogen-bond donors (Lipinski definition) is 3. The molecule has 0 radical (unpaired) electrons. The Hall–Kier alpha value is -3.67. The molecular formula is C37H52N6O7Si. The van der Waals surface area contributed by atoms with Gasteiger partial charge in [-0.25, -0.2) is 4.98 Å². The molecule has 0 saturated carbocycles. The second-order valence-electron chi connectivity index (χ2n) is 11.6. The van der Waals surface area contributed by atoms with Crippen LogP contribution in [-0.4, -0.2) is 127 Å². The number of nitrogens with two attached hydrogens (primary N) is 1. The first-order valence-corrected chi connectivity index (χ1v) is 19.2. The van der Waals surface area contributed by atoms with Crippen molar-refractivity contribution in [1.29, 1.82) is 0 Å². The number of nitrogens with zero attached hydrogens (tertiary/aromatic N) is 4. The second-order valence-corrected chi connectivity index (χ2v) is 14.7. The minimum absolute atomic E-state index is 0.191. The van der Waals surface area contributed by atoms with Gasteiger partial charge in [0.2, 0.25) is 0 Å². The van der Waals surface area contributed by atoms with Crippen molar-refractivity contribution in [1.82, 2.24) is 25.2 Å². The molecule has 0 saturated heterocycles. The van der Waals surface area contributed by atoms with Gasteiger partial charge in [-0.2, -0.15) is 0 Å². The molecule has 1 aromatic carbocycles. The van der Waals surface area contributed by atoms with Crippen LogP contribution in [0, 0.1) is 0 Å². The van der Waals surface area contributed by atoms with Crippen molar-refractivity contribution < 1.29 is 32.6 Å². The summed E-state index contributed by atoms with van der Waals surface area (Å²) in [6.45, 7) is 5.09. The number of aliphatic hydroxyl groups excluding tert-OH is 1. The summed E-state index contributed by atoms with van der Waals surface area (Å²) < 4.78 is 33.7. The Morgan fingerprint density at radius 3 is 2.00 bits per heavy atom. The average Bonchev–Trinajstić information content (AvgIpc) is 3.19. The molecule has 1 atom stereocenters. The molecule has 14 heteroatoms. The summed E-state index contributed by atoms with van der Waals surface area (Å²) in [5, 5.41) is 14.0. The van der Waals surface area contributed by atoms with E-state index in [1.54, 1.807) is 33.7 Å². The van der Waals surface area contributed by atoms with Crippen molar-refractivity contribution >= 4 is 8.80 Å². The fourth-order valence-electron chi connectivity index (χ4n) is 5.36. The van der Waals surface area contributed by atoms with E-state index in [1.807, 2.05) is 77.7 Å². The maximum absolute atomic E-state index is 10.6. The maximum atomic E-state index is 10.6. The van der Waals surface area contributed by atoms with E-state index in [-0.39, 0.29) is 6.61 Å². The molecule has 3 aromatic heterocycles. The predicted molar refractivity (Wildman–Crippen MR) is 199 cm³/mol. The van der Waals surface area contributed by atoms with Crippen LogP contribution >= 0.6 is 0 Å². The Labute approximate surface area is 302 Å². The third-order valence-electron chi connectivity index (χ3n) is 8.17. The molecule has 1 unspecified atom stereocenters.